The van der Waals surface area contributed by atoms with Crippen molar-refractivity contribution in [3.05, 3.63) is 60.4 Å². The lowest BCUT2D eigenvalue weighted by Gasteiger charge is -2.05. The molecule has 8 nitrogen and oxygen atoms in total. The van der Waals surface area contributed by atoms with Crippen molar-refractivity contribution >= 4 is 17.2 Å². The van der Waals surface area contributed by atoms with E-state index in [-0.39, 0.29) is 5.91 Å². The number of imidazole rings is 1. The highest BCUT2D eigenvalue weighted by Gasteiger charge is 2.25. The van der Waals surface area contributed by atoms with Crippen LogP contribution in [-0.4, -0.2) is 35.0 Å². The molecule has 0 spiro atoms. The quantitative estimate of drug-likeness (QED) is 0.581. The Morgan fingerprint density at radius 1 is 1.21 bits per heavy atom. The average Bonchev–Trinajstić information content (AvgIpc) is 3.26. The van der Waals surface area contributed by atoms with Gasteiger partial charge in [0.15, 0.2) is 11.5 Å². The number of anilines is 1. The van der Waals surface area contributed by atoms with Gasteiger partial charge in [-0.2, -0.15) is 5.10 Å². The second kappa shape index (κ2) is 6.56. The summed E-state index contributed by atoms with van der Waals surface area (Å²) in [6.45, 7) is 2.82. The summed E-state index contributed by atoms with van der Waals surface area (Å²) in [4.78, 5) is 26.0. The number of aryl methyl sites for hydroxylation is 1. The van der Waals surface area contributed by atoms with Crippen LogP contribution in [0.1, 0.15) is 28.9 Å². The fourth-order valence-electron chi connectivity index (χ4n) is 3.22. The van der Waals surface area contributed by atoms with Crippen LogP contribution in [0, 0.1) is 12.8 Å². The first-order valence-corrected chi connectivity index (χ1v) is 9.27. The van der Waals surface area contributed by atoms with Gasteiger partial charge in [-0.15, -0.1) is 0 Å². The number of nitrogens with one attached hydrogen (secondary N) is 1. The molecule has 0 aromatic carbocycles. The van der Waals surface area contributed by atoms with Crippen molar-refractivity contribution in [1.82, 2.24) is 29.1 Å². The highest BCUT2D eigenvalue weighted by molar-refractivity contribution is 6.07. The van der Waals surface area contributed by atoms with E-state index in [1.807, 2.05) is 34.3 Å². The molecule has 0 atom stereocenters. The van der Waals surface area contributed by atoms with Crippen molar-refractivity contribution in [2.45, 2.75) is 26.3 Å². The summed E-state index contributed by atoms with van der Waals surface area (Å²) in [5.41, 5.74) is 2.87. The van der Waals surface area contributed by atoms with Crippen molar-refractivity contribution in [3.63, 3.8) is 0 Å². The van der Waals surface area contributed by atoms with Gasteiger partial charge in [-0.1, -0.05) is 6.07 Å². The van der Waals surface area contributed by atoms with Crippen LogP contribution in [0.2, 0.25) is 0 Å². The molecular formula is C20H19N7O. The first-order chi connectivity index (χ1) is 13.7. The van der Waals surface area contributed by atoms with E-state index in [1.54, 1.807) is 30.9 Å². The zero-order valence-electron chi connectivity index (χ0n) is 15.4. The molecule has 1 aliphatic rings. The van der Waals surface area contributed by atoms with E-state index in [2.05, 4.69) is 25.4 Å². The van der Waals surface area contributed by atoms with Crippen LogP contribution in [0.5, 0.6) is 0 Å². The van der Waals surface area contributed by atoms with Crippen LogP contribution >= 0.6 is 0 Å². The van der Waals surface area contributed by atoms with Crippen molar-refractivity contribution in [1.29, 1.82) is 0 Å². The van der Waals surface area contributed by atoms with Crippen molar-refractivity contribution in [2.24, 2.45) is 5.92 Å². The molecule has 0 aliphatic heterocycles. The Bertz CT molecular complexity index is 1150. The number of amides is 1. The fourth-order valence-corrected chi connectivity index (χ4v) is 3.22. The molecule has 4 heterocycles. The highest BCUT2D eigenvalue weighted by Crippen LogP contribution is 2.32. The van der Waals surface area contributed by atoms with E-state index in [9.17, 15) is 4.79 Å². The van der Waals surface area contributed by atoms with Crippen LogP contribution < -0.4 is 5.32 Å². The first kappa shape index (κ1) is 16.6. The Balaban J connectivity index is 1.54. The molecule has 0 saturated heterocycles. The highest BCUT2D eigenvalue weighted by atomic mass is 16.2. The minimum Gasteiger partial charge on any atom is -0.305 e. The average molecular weight is 373 g/mol. The SMILES string of the molecule is Cc1ccc(NC(=O)c2nc(-c3ccnn3CC3CC3)n3ccncc23)nc1. The molecule has 0 bridgehead atoms. The Morgan fingerprint density at radius 3 is 2.89 bits per heavy atom. The van der Waals surface area contributed by atoms with Gasteiger partial charge in [-0.05, 0) is 43.4 Å². The van der Waals surface area contributed by atoms with Gasteiger partial charge in [0.05, 0.1) is 11.7 Å². The summed E-state index contributed by atoms with van der Waals surface area (Å²) < 4.78 is 3.85. The second-order valence-electron chi connectivity index (χ2n) is 7.13. The number of aromatic nitrogens is 6. The lowest BCUT2D eigenvalue weighted by atomic mass is 10.3. The topological polar surface area (TPSA) is 90.0 Å². The van der Waals surface area contributed by atoms with Crippen molar-refractivity contribution in [3.8, 4) is 11.5 Å². The Kier molecular flexibility index (Phi) is 3.89. The minimum atomic E-state index is -0.318. The Hall–Kier alpha value is -3.55. The van der Waals surface area contributed by atoms with Gasteiger partial charge < -0.3 is 5.32 Å². The lowest BCUT2D eigenvalue weighted by Crippen LogP contribution is -2.14. The van der Waals surface area contributed by atoms with Crippen molar-refractivity contribution in [2.75, 3.05) is 5.32 Å². The molecule has 1 aliphatic carbocycles. The summed E-state index contributed by atoms with van der Waals surface area (Å²) in [7, 11) is 0. The monoisotopic (exact) mass is 373 g/mol. The Labute approximate surface area is 161 Å². The number of pyridine rings is 1. The minimum absolute atomic E-state index is 0.310. The molecule has 140 valence electrons. The number of hydrogen-bond donors (Lipinski definition) is 1. The summed E-state index contributed by atoms with van der Waals surface area (Å²) in [6.07, 6.45) is 11.1. The van der Waals surface area contributed by atoms with Gasteiger partial charge in [0.25, 0.3) is 5.91 Å². The standard InChI is InChI=1S/C20H19N7O/c1-13-2-5-17(22-10-13)24-20(28)18-16-11-21-8-9-26(16)19(25-18)15-6-7-23-27(15)12-14-3-4-14/h2,5-11,14H,3-4,12H2,1H3,(H,22,24,28). The number of fused-ring (bicyclic) bond motifs is 1. The van der Waals surface area contributed by atoms with Crippen LogP contribution in [0.3, 0.4) is 0 Å². The molecule has 8 heteroatoms. The zero-order chi connectivity index (χ0) is 19.1. The maximum atomic E-state index is 12.9. The summed E-state index contributed by atoms with van der Waals surface area (Å²) in [5, 5.41) is 7.26. The van der Waals surface area contributed by atoms with Crippen LogP contribution in [0.4, 0.5) is 5.82 Å². The number of carbonyl (C=O) groups is 1. The summed E-state index contributed by atoms with van der Waals surface area (Å²) in [5.74, 6) is 1.53. The van der Waals surface area contributed by atoms with E-state index in [4.69, 9.17) is 0 Å². The first-order valence-electron chi connectivity index (χ1n) is 9.27. The van der Waals surface area contributed by atoms with E-state index in [0.717, 1.165) is 17.8 Å². The molecule has 1 N–H and O–H groups in total. The molecule has 5 rings (SSSR count). The maximum Gasteiger partial charge on any atom is 0.277 e. The third-order valence-corrected chi connectivity index (χ3v) is 4.89. The predicted molar refractivity (Wildman–Crippen MR) is 104 cm³/mol. The molecule has 0 unspecified atom stereocenters. The van der Waals surface area contributed by atoms with Gasteiger partial charge in [0.2, 0.25) is 0 Å². The van der Waals surface area contributed by atoms with Crippen molar-refractivity contribution < 1.29 is 4.79 Å². The van der Waals surface area contributed by atoms with E-state index >= 15 is 0 Å². The molecule has 1 fully saturated rings. The third kappa shape index (κ3) is 3.02. The normalized spacial score (nSPS) is 13.8. The number of nitrogens with zero attached hydrogens (tertiary/aromatic N) is 6. The largest absolute Gasteiger partial charge is 0.305 e. The molecule has 1 saturated carbocycles. The molecule has 1 amide bonds. The van der Waals surface area contributed by atoms with E-state index in [1.165, 1.54) is 12.8 Å². The molecule has 28 heavy (non-hydrogen) atoms. The van der Waals surface area contributed by atoms with Gasteiger partial charge in [0, 0.05) is 31.3 Å². The smallest absolute Gasteiger partial charge is 0.277 e. The summed E-state index contributed by atoms with van der Waals surface area (Å²) >= 11 is 0. The fraction of sp³-hybridized carbons (Fsp3) is 0.250. The number of hydrogen-bond acceptors (Lipinski definition) is 5. The predicted octanol–water partition coefficient (Wildman–Crippen LogP) is 2.96. The van der Waals surface area contributed by atoms with Gasteiger partial charge >= 0.3 is 0 Å². The third-order valence-electron chi connectivity index (χ3n) is 4.89. The Morgan fingerprint density at radius 2 is 2.11 bits per heavy atom. The van der Waals surface area contributed by atoms with E-state index in [0.29, 0.717) is 28.8 Å². The maximum absolute atomic E-state index is 12.9. The van der Waals surface area contributed by atoms with Gasteiger partial charge in [-0.25, -0.2) is 9.97 Å². The van der Waals surface area contributed by atoms with Crippen LogP contribution in [0.25, 0.3) is 17.0 Å². The molecule has 4 aromatic rings. The number of carbonyl (C=O) groups excluding carboxylic acids is 1. The second-order valence-corrected chi connectivity index (χ2v) is 7.13. The van der Waals surface area contributed by atoms with Gasteiger partial charge in [0.1, 0.15) is 11.5 Å². The number of rotatable bonds is 5. The summed E-state index contributed by atoms with van der Waals surface area (Å²) in [6, 6.07) is 5.60. The van der Waals surface area contributed by atoms with E-state index < -0.39 is 0 Å². The van der Waals surface area contributed by atoms with Crippen LogP contribution in [0.15, 0.2) is 49.2 Å². The molecule has 0 radical (unpaired) electrons. The lowest BCUT2D eigenvalue weighted by molar-refractivity contribution is 0.102. The molecule has 4 aromatic heterocycles. The van der Waals surface area contributed by atoms with Crippen LogP contribution in [-0.2, 0) is 6.54 Å². The molecular weight excluding hydrogens is 354 g/mol. The zero-order valence-corrected chi connectivity index (χ0v) is 15.4. The van der Waals surface area contributed by atoms with Gasteiger partial charge in [-0.3, -0.25) is 18.9 Å².